The normalized spacial score (nSPS) is 14.0. The van der Waals surface area contributed by atoms with Gasteiger partial charge in [-0.3, -0.25) is 63.5 Å². The number of nitrogens with two attached hydrogens (primary N) is 3. The number of imidazole rings is 2. The second-order valence-electron chi connectivity index (χ2n) is 18.7. The zero-order valence-corrected chi connectivity index (χ0v) is 46.5. The van der Waals surface area contributed by atoms with Gasteiger partial charge in [-0.2, -0.15) is 12.6 Å². The van der Waals surface area contributed by atoms with Crippen molar-refractivity contribution in [1.29, 1.82) is 0 Å². The monoisotopic (exact) mass is 1170 g/mol. The van der Waals surface area contributed by atoms with E-state index >= 15 is 0 Å². The first-order chi connectivity index (χ1) is 39.5. The number of carboxylic acid groups (broad SMARTS) is 1. The van der Waals surface area contributed by atoms with Gasteiger partial charge in [0.2, 0.25) is 64.8 Å². The molecule has 0 bridgehead atoms. The number of rotatable bonds is 28. The average molecular weight is 1170 g/mol. The first kappa shape index (κ1) is 61.0. The third-order valence-electron chi connectivity index (χ3n) is 12.8. The lowest BCUT2D eigenvalue weighted by Crippen LogP contribution is -2.55. The molecular weight excluding hydrogens is 1110 g/mol. The second kappa shape index (κ2) is 26.7. The number of anilines is 2. The van der Waals surface area contributed by atoms with E-state index in [0.717, 1.165) is 4.90 Å². The number of aryl methyl sites for hydroxylation is 4. The summed E-state index contributed by atoms with van der Waals surface area (Å²) in [5, 5.41) is 21.5. The van der Waals surface area contributed by atoms with E-state index in [1.165, 1.54) is 31.4 Å². The zero-order chi connectivity index (χ0) is 60.4. The number of likely N-dealkylation sites (tertiary alicyclic amines) is 1. The number of carbonyl (C=O) groups excluding carboxylic acids is 9. The van der Waals surface area contributed by atoms with Gasteiger partial charge in [-0.15, -0.1) is 0 Å². The van der Waals surface area contributed by atoms with Gasteiger partial charge in [-0.05, 0) is 49.9 Å². The van der Waals surface area contributed by atoms with Gasteiger partial charge in [0.05, 0.1) is 41.4 Å². The van der Waals surface area contributed by atoms with Crippen LogP contribution in [0.2, 0.25) is 0 Å². The number of methoxy groups -OCH3 is 1. The number of aromatic nitrogens is 6. The molecule has 9 amide bonds. The standard InChI is InChI=1S/C52H61N15O15S/c1-6-29-42(81-24(3)58-29)48(76)63-51-61-32-17-26(44(54)72)19-34(79-5)40(32)65(51)14-8-9-15-66-41-33(62-52(66)64-49(77)43-30(7-2)59-25(4)82-43)18-27(45(55)73)20-35(41)80-16-10-13-56-47(75)31(11-12-39(70)71)60-46(74)28(53)22-57-37(68)23-67-38(69)21-36(83)50(67)78/h8-9,17-20,28,31,36,83H,6-7,10-16,21-23,53H2,1-5H3,(H2,54,72)(H2,55,73)(H,56,75)(H,57,68)(H,60,74)(H,70,71)(H,61,63,76)(H,62,64,77)/b9-8+/t28-,31-,36?/m1/s1. The van der Waals surface area contributed by atoms with Crippen molar-refractivity contribution in [3.8, 4) is 11.5 Å². The lowest BCUT2D eigenvalue weighted by molar-refractivity contribution is -0.142. The molecule has 12 N–H and O–H groups in total. The Labute approximate surface area is 477 Å². The summed E-state index contributed by atoms with van der Waals surface area (Å²) in [7, 11) is 1.39. The van der Waals surface area contributed by atoms with Crippen LogP contribution in [0.4, 0.5) is 11.9 Å². The number of nitrogens with one attached hydrogen (secondary N) is 5. The minimum atomic E-state index is -1.43. The highest BCUT2D eigenvalue weighted by Crippen LogP contribution is 2.33. The summed E-state index contributed by atoms with van der Waals surface area (Å²) < 4.78 is 26.4. The highest BCUT2D eigenvalue weighted by atomic mass is 32.1. The number of hydrogen-bond donors (Lipinski definition) is 10. The summed E-state index contributed by atoms with van der Waals surface area (Å²) in [6.45, 7) is 5.48. The summed E-state index contributed by atoms with van der Waals surface area (Å²) >= 11 is 4.02. The zero-order valence-electron chi connectivity index (χ0n) is 45.7. The second-order valence-corrected chi connectivity index (χ2v) is 19.4. The van der Waals surface area contributed by atoms with E-state index in [2.05, 4.69) is 59.1 Å². The average Bonchev–Trinajstić information content (AvgIpc) is 4.40. The van der Waals surface area contributed by atoms with E-state index in [9.17, 15) is 53.1 Å². The molecule has 1 unspecified atom stereocenters. The Bertz CT molecular complexity index is 3580. The van der Waals surface area contributed by atoms with Gasteiger partial charge in [0.1, 0.15) is 41.2 Å². The Morgan fingerprint density at radius 2 is 1.33 bits per heavy atom. The largest absolute Gasteiger partial charge is 0.494 e. The maximum atomic E-state index is 13.9. The summed E-state index contributed by atoms with van der Waals surface area (Å²) in [6.07, 6.45) is 3.22. The van der Waals surface area contributed by atoms with Gasteiger partial charge < -0.3 is 65.7 Å². The summed E-state index contributed by atoms with van der Waals surface area (Å²) in [6, 6.07) is 2.84. The number of oxazole rings is 2. The molecule has 0 spiro atoms. The Morgan fingerprint density at radius 1 is 0.795 bits per heavy atom. The number of ether oxygens (including phenoxy) is 2. The first-order valence-corrected chi connectivity index (χ1v) is 26.4. The van der Waals surface area contributed by atoms with E-state index in [4.69, 9.17) is 35.5 Å². The van der Waals surface area contributed by atoms with Crippen molar-refractivity contribution in [3.63, 3.8) is 0 Å². The molecule has 2 aromatic carbocycles. The van der Waals surface area contributed by atoms with Crippen molar-refractivity contribution in [3.05, 3.63) is 82.2 Å². The van der Waals surface area contributed by atoms with Crippen LogP contribution in [0.5, 0.6) is 11.5 Å². The highest BCUT2D eigenvalue weighted by molar-refractivity contribution is 7.81. The van der Waals surface area contributed by atoms with E-state index in [1.807, 2.05) is 6.92 Å². The molecule has 31 heteroatoms. The molecule has 5 heterocycles. The van der Waals surface area contributed by atoms with E-state index < -0.39 is 96.0 Å². The SMILES string of the molecule is CCc1nc(C)oc1C(=O)Nc1nc2cc(C(N)=O)cc(OC)c2n1C/C=C/Cn1c(NC(=O)c2oc(C)nc2CC)nc2cc(C(N)=O)cc(OCCCNC(=O)[C@@H](CCC(=O)O)NC(=O)[C@H](N)CNC(=O)CN3C(=O)CC(S)C3=O)c21. The third kappa shape index (κ3) is 14.5. The number of benzene rings is 2. The number of carbonyl (C=O) groups is 10. The fraction of sp³-hybridized carbons (Fsp3) is 0.385. The number of amides is 9. The number of allylic oxidation sites excluding steroid dienone is 2. The summed E-state index contributed by atoms with van der Waals surface area (Å²) in [4.78, 5) is 146. The first-order valence-electron chi connectivity index (χ1n) is 25.9. The lowest BCUT2D eigenvalue weighted by atomic mass is 10.1. The van der Waals surface area contributed by atoms with Crippen molar-refractivity contribution in [2.45, 2.75) is 96.6 Å². The minimum Gasteiger partial charge on any atom is -0.494 e. The number of imide groups is 1. The predicted octanol–water partition coefficient (Wildman–Crippen LogP) is 0.807. The van der Waals surface area contributed by atoms with Crippen LogP contribution in [0.1, 0.15) is 105 Å². The van der Waals surface area contributed by atoms with Crippen molar-refractivity contribution in [2.24, 2.45) is 17.2 Å². The van der Waals surface area contributed by atoms with Crippen LogP contribution in [0.15, 0.2) is 45.3 Å². The number of thiol groups is 1. The Balaban J connectivity index is 1.11. The van der Waals surface area contributed by atoms with Gasteiger partial charge >= 0.3 is 5.97 Å². The Morgan fingerprint density at radius 3 is 1.81 bits per heavy atom. The van der Waals surface area contributed by atoms with Crippen LogP contribution >= 0.6 is 12.6 Å². The van der Waals surface area contributed by atoms with Gasteiger partial charge in [-0.25, -0.2) is 19.9 Å². The molecule has 4 aromatic heterocycles. The van der Waals surface area contributed by atoms with Crippen LogP contribution in [0.25, 0.3) is 22.1 Å². The fourth-order valence-corrected chi connectivity index (χ4v) is 9.06. The van der Waals surface area contributed by atoms with E-state index in [-0.39, 0.29) is 120 Å². The molecule has 0 aliphatic carbocycles. The Kier molecular flexibility index (Phi) is 19.7. The van der Waals surface area contributed by atoms with Gasteiger partial charge in [0.15, 0.2) is 11.8 Å². The highest BCUT2D eigenvalue weighted by Gasteiger charge is 2.37. The van der Waals surface area contributed by atoms with Crippen molar-refractivity contribution < 1.29 is 71.4 Å². The predicted molar refractivity (Wildman–Crippen MR) is 296 cm³/mol. The maximum Gasteiger partial charge on any atom is 0.303 e. The Hall–Kier alpha value is -9.65. The molecule has 1 aliphatic rings. The van der Waals surface area contributed by atoms with E-state index in [1.54, 1.807) is 42.1 Å². The molecule has 1 saturated heterocycles. The smallest absolute Gasteiger partial charge is 0.303 e. The number of nitrogens with zero attached hydrogens (tertiary/aromatic N) is 7. The maximum absolute atomic E-state index is 13.9. The molecule has 83 heavy (non-hydrogen) atoms. The topological polar surface area (TPSA) is 439 Å². The van der Waals surface area contributed by atoms with Gasteiger partial charge in [0.25, 0.3) is 11.8 Å². The molecule has 440 valence electrons. The quantitative estimate of drug-likeness (QED) is 0.0141. The van der Waals surface area contributed by atoms with Crippen LogP contribution in [0.3, 0.4) is 0 Å². The molecule has 3 atom stereocenters. The van der Waals surface area contributed by atoms with Crippen molar-refractivity contribution in [2.75, 3.05) is 44.0 Å². The van der Waals surface area contributed by atoms with Crippen molar-refractivity contribution in [1.82, 2.24) is 49.9 Å². The van der Waals surface area contributed by atoms with Gasteiger partial charge in [0, 0.05) is 64.0 Å². The summed E-state index contributed by atoms with van der Waals surface area (Å²) in [5.41, 5.74) is 19.3. The molecular formula is C52H61N15O15S. The molecule has 1 fully saturated rings. The van der Waals surface area contributed by atoms with Crippen LogP contribution in [-0.4, -0.2) is 149 Å². The molecule has 0 radical (unpaired) electrons. The summed E-state index contributed by atoms with van der Waals surface area (Å²) in [5.74, 6) is -7.16. The lowest BCUT2D eigenvalue weighted by Gasteiger charge is -2.21. The molecule has 30 nitrogen and oxygen atoms in total. The van der Waals surface area contributed by atoms with Crippen LogP contribution < -0.4 is 53.3 Å². The molecule has 0 saturated carbocycles. The van der Waals surface area contributed by atoms with Gasteiger partial charge in [-0.1, -0.05) is 26.0 Å². The molecule has 1 aliphatic heterocycles. The number of carboxylic acids is 1. The molecule has 6 aromatic rings. The third-order valence-corrected chi connectivity index (χ3v) is 13.2. The molecule has 7 rings (SSSR count). The number of primary amides is 2. The number of fused-ring (bicyclic) bond motifs is 2. The van der Waals surface area contributed by atoms with E-state index in [0.29, 0.717) is 29.7 Å². The van der Waals surface area contributed by atoms with Crippen molar-refractivity contribution >= 4 is 106 Å². The van der Waals surface area contributed by atoms with Crippen LogP contribution in [0, 0.1) is 13.8 Å². The fourth-order valence-electron chi connectivity index (χ4n) is 8.76. The number of hydrogen-bond acceptors (Lipinski definition) is 20. The number of aliphatic carboxylic acids is 1. The minimum absolute atomic E-state index is 0.0112. The van der Waals surface area contributed by atoms with Crippen LogP contribution in [-0.2, 0) is 54.7 Å².